The topological polar surface area (TPSA) is 173 Å². The third-order valence-electron chi connectivity index (χ3n) is 8.68. The van der Waals surface area contributed by atoms with Gasteiger partial charge in [-0.1, -0.05) is 73.7 Å². The molecular weight excluding hydrogens is 648 g/mol. The van der Waals surface area contributed by atoms with Gasteiger partial charge in [0.05, 0.1) is 16.5 Å². The largest absolute Gasteiger partial charge is 0.443 e. The van der Waals surface area contributed by atoms with Crippen molar-refractivity contribution in [1.82, 2.24) is 20.9 Å². The molecule has 4 amide bonds. The number of hydrogen-bond donors (Lipinski definition) is 3. The van der Waals surface area contributed by atoms with Crippen LogP contribution >= 0.6 is 0 Å². The van der Waals surface area contributed by atoms with Crippen LogP contribution in [0, 0.1) is 5.92 Å². The molecule has 0 saturated carbocycles. The monoisotopic (exact) mass is 692 g/mol. The summed E-state index contributed by atoms with van der Waals surface area (Å²) in [5.74, 6) is -2.10. The summed E-state index contributed by atoms with van der Waals surface area (Å²) in [6.45, 7) is 4.27. The molecule has 0 spiro atoms. The number of carbonyl (C=O) groups is 4. The van der Waals surface area contributed by atoms with E-state index in [4.69, 9.17) is 9.47 Å². The average Bonchev–Trinajstić information content (AvgIpc) is 3.85. The molecule has 3 N–H and O–H groups in total. The van der Waals surface area contributed by atoms with E-state index >= 15 is 0 Å². The number of alkyl carbamates (subject to hydrolysis) is 1. The summed E-state index contributed by atoms with van der Waals surface area (Å²) < 4.78 is 34.8. The lowest BCUT2D eigenvalue weighted by Crippen LogP contribution is -2.61. The van der Waals surface area contributed by atoms with Crippen LogP contribution in [-0.4, -0.2) is 72.5 Å². The molecule has 2 aromatic carbocycles. The fourth-order valence-electron chi connectivity index (χ4n) is 5.24. The van der Waals surface area contributed by atoms with Crippen LogP contribution in [0.3, 0.4) is 0 Å². The van der Waals surface area contributed by atoms with Gasteiger partial charge in [0, 0.05) is 24.4 Å². The highest BCUT2D eigenvalue weighted by Gasteiger charge is 2.48. The third kappa shape index (κ3) is 10.9. The lowest BCUT2D eigenvalue weighted by Gasteiger charge is -2.33. The Bertz CT molecular complexity index is 1690. The number of pyridine rings is 1. The molecule has 0 aliphatic carbocycles. The van der Waals surface area contributed by atoms with Gasteiger partial charge < -0.3 is 20.1 Å². The number of hydrogen-bond acceptors (Lipinski definition) is 9. The van der Waals surface area contributed by atoms with Crippen LogP contribution in [0.25, 0.3) is 0 Å². The first kappa shape index (κ1) is 37.2. The number of imide groups is 1. The van der Waals surface area contributed by atoms with Gasteiger partial charge in [0.1, 0.15) is 12.6 Å². The maximum absolute atomic E-state index is 13.8. The van der Waals surface area contributed by atoms with Gasteiger partial charge >= 0.3 is 6.09 Å². The summed E-state index contributed by atoms with van der Waals surface area (Å²) in [4.78, 5) is 56.4. The number of benzene rings is 2. The highest BCUT2D eigenvalue weighted by molar-refractivity contribution is 7.92. The number of sulfone groups is 1. The first-order chi connectivity index (χ1) is 23.2. The van der Waals surface area contributed by atoms with Gasteiger partial charge in [0.25, 0.3) is 5.91 Å². The number of aromatic nitrogens is 1. The van der Waals surface area contributed by atoms with Crippen molar-refractivity contribution in [2.24, 2.45) is 5.92 Å². The van der Waals surface area contributed by atoms with Crippen LogP contribution in [0.15, 0.2) is 85.1 Å². The number of nitrogens with one attached hydrogen (secondary N) is 3. The van der Waals surface area contributed by atoms with Gasteiger partial charge in [-0.3, -0.25) is 24.7 Å². The molecule has 2 heterocycles. The van der Waals surface area contributed by atoms with Gasteiger partial charge in [-0.15, -0.1) is 0 Å². The van der Waals surface area contributed by atoms with Crippen molar-refractivity contribution in [3.05, 3.63) is 102 Å². The second-order valence-electron chi connectivity index (χ2n) is 12.9. The van der Waals surface area contributed by atoms with E-state index in [0.717, 1.165) is 17.4 Å². The number of rotatable bonds is 16. The zero-order valence-corrected chi connectivity index (χ0v) is 28.9. The molecule has 1 aliphatic heterocycles. The van der Waals surface area contributed by atoms with Gasteiger partial charge in [0.15, 0.2) is 15.9 Å². The van der Waals surface area contributed by atoms with Crippen LogP contribution in [0.1, 0.15) is 50.4 Å². The lowest BCUT2D eigenvalue weighted by molar-refractivity contribution is -0.133. The van der Waals surface area contributed by atoms with Crippen LogP contribution in [-0.2, 0) is 53.1 Å². The van der Waals surface area contributed by atoms with E-state index in [9.17, 15) is 27.6 Å². The summed E-state index contributed by atoms with van der Waals surface area (Å²) in [6, 6.07) is 22.0. The van der Waals surface area contributed by atoms with Crippen LogP contribution in [0.4, 0.5) is 4.79 Å². The maximum atomic E-state index is 13.8. The number of carbonyl (C=O) groups excluding carboxylic acids is 4. The fraction of sp³-hybridized carbons (Fsp3) is 0.417. The summed E-state index contributed by atoms with van der Waals surface area (Å²) in [6.07, 6.45) is 1.82. The molecule has 4 rings (SSSR count). The van der Waals surface area contributed by atoms with Crippen LogP contribution < -0.4 is 16.0 Å². The first-order valence-electron chi connectivity index (χ1n) is 16.2. The van der Waals surface area contributed by atoms with Crippen molar-refractivity contribution in [1.29, 1.82) is 0 Å². The van der Waals surface area contributed by atoms with Crippen molar-refractivity contribution in [3.8, 4) is 0 Å². The number of aryl methyl sites for hydroxylation is 1. The van der Waals surface area contributed by atoms with Crippen molar-refractivity contribution >= 4 is 33.7 Å². The predicted octanol–water partition coefficient (Wildman–Crippen LogP) is 3.30. The van der Waals surface area contributed by atoms with Gasteiger partial charge in [-0.25, -0.2) is 13.2 Å². The fourth-order valence-corrected chi connectivity index (χ4v) is 5.83. The van der Waals surface area contributed by atoms with E-state index in [1.165, 1.54) is 20.0 Å². The first-order valence-corrected chi connectivity index (χ1v) is 18.0. The quantitative estimate of drug-likeness (QED) is 0.191. The molecule has 1 fully saturated rings. The van der Waals surface area contributed by atoms with E-state index in [2.05, 4.69) is 20.9 Å². The van der Waals surface area contributed by atoms with E-state index in [-0.39, 0.29) is 13.0 Å². The highest BCUT2D eigenvalue weighted by Crippen LogP contribution is 2.29. The maximum Gasteiger partial charge on any atom is 0.408 e. The Kier molecular flexibility index (Phi) is 12.7. The minimum Gasteiger partial charge on any atom is -0.443 e. The minimum atomic E-state index is -3.88. The molecular formula is C36H44N4O8S. The summed E-state index contributed by atoms with van der Waals surface area (Å²) >= 11 is 0. The Hall–Kier alpha value is -4.62. The average molecular weight is 693 g/mol. The SMILES string of the molecule is C[C@@H](CCc1ccccc1)C(=O)NC(=O)[C@H]1OC1C[C@H](Cc1ccccc1)NC(=O)[C@@H](NC(=O)OCc1ccccn1)C(C)(C)S(C)(=O)=O. The molecule has 262 valence electrons. The van der Waals surface area contributed by atoms with Crippen molar-refractivity contribution in [2.45, 2.75) is 82.1 Å². The normalized spacial score (nSPS) is 17.6. The lowest BCUT2D eigenvalue weighted by atomic mass is 9.97. The molecule has 0 radical (unpaired) electrons. The van der Waals surface area contributed by atoms with E-state index in [1.54, 1.807) is 25.1 Å². The van der Waals surface area contributed by atoms with Gasteiger partial charge in [-0.2, -0.15) is 0 Å². The van der Waals surface area contributed by atoms with Gasteiger partial charge in [0.2, 0.25) is 11.8 Å². The Labute approximate surface area is 287 Å². The number of ether oxygens (including phenoxy) is 2. The van der Waals surface area contributed by atoms with Crippen LogP contribution in [0.2, 0.25) is 0 Å². The van der Waals surface area contributed by atoms with Gasteiger partial charge in [-0.05, 0) is 62.8 Å². The van der Waals surface area contributed by atoms with E-state index in [1.807, 2.05) is 60.7 Å². The summed E-state index contributed by atoms with van der Waals surface area (Å²) in [5, 5.41) is 7.77. The third-order valence-corrected chi connectivity index (χ3v) is 10.8. The molecule has 13 heteroatoms. The van der Waals surface area contributed by atoms with E-state index in [0.29, 0.717) is 25.0 Å². The Morgan fingerprint density at radius 1 is 0.898 bits per heavy atom. The Morgan fingerprint density at radius 3 is 2.14 bits per heavy atom. The molecule has 5 atom stereocenters. The molecule has 1 aliphatic rings. The van der Waals surface area contributed by atoms with E-state index < -0.39 is 68.6 Å². The minimum absolute atomic E-state index is 0.187. The number of amides is 4. The molecule has 12 nitrogen and oxygen atoms in total. The molecule has 1 unspecified atom stereocenters. The highest BCUT2D eigenvalue weighted by atomic mass is 32.2. The number of nitrogens with zero attached hydrogens (tertiary/aromatic N) is 1. The summed E-state index contributed by atoms with van der Waals surface area (Å²) in [5.41, 5.74) is 2.44. The van der Waals surface area contributed by atoms with Crippen molar-refractivity contribution in [2.75, 3.05) is 6.26 Å². The Morgan fingerprint density at radius 2 is 1.53 bits per heavy atom. The zero-order valence-electron chi connectivity index (χ0n) is 28.1. The number of epoxide rings is 1. The molecule has 1 aromatic heterocycles. The molecule has 0 bridgehead atoms. The smallest absolute Gasteiger partial charge is 0.408 e. The molecule has 49 heavy (non-hydrogen) atoms. The second kappa shape index (κ2) is 16.7. The van der Waals surface area contributed by atoms with Crippen molar-refractivity contribution in [3.63, 3.8) is 0 Å². The van der Waals surface area contributed by atoms with Crippen LogP contribution in [0.5, 0.6) is 0 Å². The van der Waals surface area contributed by atoms with Crippen molar-refractivity contribution < 1.29 is 37.1 Å². The second-order valence-corrected chi connectivity index (χ2v) is 15.5. The summed E-state index contributed by atoms with van der Waals surface area (Å²) in [7, 11) is -3.88. The standard InChI is InChI=1S/C36H44N4O8S/c1-24(18-19-25-13-7-5-8-14-25)32(41)40-33(42)30-29(48-30)22-28(21-26-15-9-6-10-16-26)38-34(43)31(36(2,3)49(4,45)46)39-35(44)47-23-27-17-11-12-20-37-27/h5-17,20,24,28-31H,18-19,21-23H2,1-4H3,(H,38,43)(H,39,44)(H,40,41,42)/t24-,28-,29?,30-,31+/m0/s1. The predicted molar refractivity (Wildman–Crippen MR) is 183 cm³/mol. The zero-order chi connectivity index (χ0) is 35.6. The Balaban J connectivity index is 1.41. The molecule has 1 saturated heterocycles. The molecule has 3 aromatic rings.